The maximum absolute atomic E-state index is 5.50. The topological polar surface area (TPSA) is 82.3 Å². The summed E-state index contributed by atoms with van der Waals surface area (Å²) in [5.74, 6) is 1.32. The van der Waals surface area contributed by atoms with E-state index in [4.69, 9.17) is 15.2 Å². The Labute approximate surface area is 88.8 Å². The standard InChI is InChI=1S/C9H16N4O2/c1-11-7-6-8(13-9(10)12-7)15-5-3-4-14-2/h6H,3-5H2,1-2H3,(H3,10,11,12,13). The Morgan fingerprint density at radius 1 is 1.40 bits per heavy atom. The molecule has 0 aliphatic heterocycles. The number of nitrogen functional groups attached to an aromatic ring is 1. The molecule has 1 heterocycles. The van der Waals surface area contributed by atoms with Crippen LogP contribution in [0.4, 0.5) is 11.8 Å². The van der Waals surface area contributed by atoms with Crippen molar-refractivity contribution in [2.45, 2.75) is 6.42 Å². The molecule has 0 fully saturated rings. The van der Waals surface area contributed by atoms with Crippen LogP contribution in [0.25, 0.3) is 0 Å². The van der Waals surface area contributed by atoms with Crippen LogP contribution < -0.4 is 15.8 Å². The molecule has 0 spiro atoms. The number of aromatic nitrogens is 2. The van der Waals surface area contributed by atoms with Gasteiger partial charge in [0.05, 0.1) is 6.61 Å². The van der Waals surface area contributed by atoms with Crippen LogP contribution in [-0.2, 0) is 4.74 Å². The van der Waals surface area contributed by atoms with Crippen molar-refractivity contribution in [1.82, 2.24) is 9.97 Å². The molecule has 0 saturated carbocycles. The van der Waals surface area contributed by atoms with Gasteiger partial charge in [-0.1, -0.05) is 0 Å². The Bertz CT molecular complexity index is 306. The van der Waals surface area contributed by atoms with Gasteiger partial charge >= 0.3 is 0 Å². The maximum Gasteiger partial charge on any atom is 0.225 e. The minimum atomic E-state index is 0.198. The molecule has 1 rings (SSSR count). The molecule has 0 aromatic carbocycles. The quantitative estimate of drug-likeness (QED) is 0.669. The normalized spacial score (nSPS) is 10.0. The van der Waals surface area contributed by atoms with Crippen LogP contribution in [0.2, 0.25) is 0 Å². The fourth-order valence-electron chi connectivity index (χ4n) is 1.02. The first-order valence-electron chi connectivity index (χ1n) is 4.70. The van der Waals surface area contributed by atoms with E-state index in [-0.39, 0.29) is 5.95 Å². The lowest BCUT2D eigenvalue weighted by Crippen LogP contribution is -2.06. The van der Waals surface area contributed by atoms with Crippen LogP contribution >= 0.6 is 0 Å². The second kappa shape index (κ2) is 6.02. The van der Waals surface area contributed by atoms with Crippen LogP contribution in [0.3, 0.4) is 0 Å². The van der Waals surface area contributed by atoms with Gasteiger partial charge in [0.2, 0.25) is 11.8 Å². The van der Waals surface area contributed by atoms with Gasteiger partial charge in [-0.3, -0.25) is 0 Å². The van der Waals surface area contributed by atoms with Gasteiger partial charge < -0.3 is 20.5 Å². The molecule has 0 amide bonds. The van der Waals surface area contributed by atoms with Crippen molar-refractivity contribution >= 4 is 11.8 Å². The number of hydrogen-bond donors (Lipinski definition) is 2. The highest BCUT2D eigenvalue weighted by molar-refractivity contribution is 5.41. The molecule has 84 valence electrons. The molecule has 0 aliphatic carbocycles. The number of ether oxygens (including phenoxy) is 2. The second-order valence-electron chi connectivity index (χ2n) is 2.89. The zero-order valence-electron chi connectivity index (χ0n) is 8.99. The van der Waals surface area contributed by atoms with Crippen molar-refractivity contribution in [3.05, 3.63) is 6.07 Å². The van der Waals surface area contributed by atoms with Crippen molar-refractivity contribution in [2.75, 3.05) is 38.4 Å². The first-order chi connectivity index (χ1) is 7.26. The predicted molar refractivity (Wildman–Crippen MR) is 58.0 cm³/mol. The molecular formula is C9H16N4O2. The van der Waals surface area contributed by atoms with Crippen LogP contribution in [0.1, 0.15) is 6.42 Å². The van der Waals surface area contributed by atoms with E-state index in [2.05, 4.69) is 15.3 Å². The lowest BCUT2D eigenvalue weighted by Gasteiger charge is -2.07. The summed E-state index contributed by atoms with van der Waals surface area (Å²) < 4.78 is 10.3. The summed E-state index contributed by atoms with van der Waals surface area (Å²) >= 11 is 0. The van der Waals surface area contributed by atoms with Gasteiger partial charge in [0, 0.05) is 33.3 Å². The molecule has 1 aromatic rings. The minimum absolute atomic E-state index is 0.198. The summed E-state index contributed by atoms with van der Waals surface area (Å²) in [7, 11) is 3.41. The highest BCUT2D eigenvalue weighted by atomic mass is 16.5. The van der Waals surface area contributed by atoms with E-state index in [1.54, 1.807) is 20.2 Å². The smallest absolute Gasteiger partial charge is 0.225 e. The molecule has 15 heavy (non-hydrogen) atoms. The second-order valence-corrected chi connectivity index (χ2v) is 2.89. The maximum atomic E-state index is 5.50. The highest BCUT2D eigenvalue weighted by Crippen LogP contribution is 2.13. The Morgan fingerprint density at radius 2 is 2.20 bits per heavy atom. The number of hydrogen-bond acceptors (Lipinski definition) is 6. The molecule has 6 nitrogen and oxygen atoms in total. The lowest BCUT2D eigenvalue weighted by molar-refractivity contribution is 0.170. The lowest BCUT2D eigenvalue weighted by atomic mass is 10.5. The summed E-state index contributed by atoms with van der Waals surface area (Å²) in [5.41, 5.74) is 5.50. The first-order valence-corrected chi connectivity index (χ1v) is 4.70. The average Bonchev–Trinajstić information content (AvgIpc) is 2.23. The Morgan fingerprint density at radius 3 is 2.87 bits per heavy atom. The van der Waals surface area contributed by atoms with Gasteiger partial charge in [0.15, 0.2) is 0 Å². The average molecular weight is 212 g/mol. The van der Waals surface area contributed by atoms with E-state index < -0.39 is 0 Å². The number of methoxy groups -OCH3 is 1. The molecular weight excluding hydrogens is 196 g/mol. The molecule has 1 aromatic heterocycles. The molecule has 3 N–H and O–H groups in total. The van der Waals surface area contributed by atoms with Crippen molar-refractivity contribution < 1.29 is 9.47 Å². The number of nitrogens with one attached hydrogen (secondary N) is 1. The summed E-state index contributed by atoms with van der Waals surface area (Å²) in [6, 6.07) is 1.70. The summed E-state index contributed by atoms with van der Waals surface area (Å²) in [4.78, 5) is 7.89. The third-order valence-electron chi connectivity index (χ3n) is 1.72. The number of nitrogens with two attached hydrogens (primary N) is 1. The third-order valence-corrected chi connectivity index (χ3v) is 1.72. The number of nitrogens with zero attached hydrogens (tertiary/aromatic N) is 2. The Kier molecular flexibility index (Phi) is 4.62. The van der Waals surface area contributed by atoms with E-state index in [1.165, 1.54) is 0 Å². The molecule has 0 radical (unpaired) electrons. The molecule has 0 bridgehead atoms. The van der Waals surface area contributed by atoms with Crippen LogP contribution in [0.15, 0.2) is 6.07 Å². The fraction of sp³-hybridized carbons (Fsp3) is 0.556. The minimum Gasteiger partial charge on any atom is -0.477 e. The van der Waals surface area contributed by atoms with Gasteiger partial charge in [0.25, 0.3) is 0 Å². The third kappa shape index (κ3) is 3.99. The summed E-state index contributed by atoms with van der Waals surface area (Å²) in [6.45, 7) is 1.22. The van der Waals surface area contributed by atoms with Gasteiger partial charge in [-0.25, -0.2) is 0 Å². The van der Waals surface area contributed by atoms with Crippen LogP contribution in [-0.4, -0.2) is 37.3 Å². The Hall–Kier alpha value is -1.56. The number of rotatable bonds is 6. The van der Waals surface area contributed by atoms with E-state index in [9.17, 15) is 0 Å². The van der Waals surface area contributed by atoms with E-state index in [1.807, 2.05) is 0 Å². The largest absolute Gasteiger partial charge is 0.477 e. The van der Waals surface area contributed by atoms with Crippen molar-refractivity contribution in [3.8, 4) is 5.88 Å². The summed E-state index contributed by atoms with van der Waals surface area (Å²) in [5, 5.41) is 2.87. The molecule has 6 heteroatoms. The van der Waals surface area contributed by atoms with Crippen LogP contribution in [0.5, 0.6) is 5.88 Å². The first kappa shape index (κ1) is 11.5. The van der Waals surface area contributed by atoms with Crippen molar-refractivity contribution in [3.63, 3.8) is 0 Å². The SMILES string of the molecule is CNc1cc(OCCCOC)nc(N)n1. The zero-order valence-corrected chi connectivity index (χ0v) is 8.99. The highest BCUT2D eigenvalue weighted by Gasteiger charge is 2.01. The zero-order chi connectivity index (χ0) is 11.1. The van der Waals surface area contributed by atoms with Gasteiger partial charge in [-0.15, -0.1) is 0 Å². The number of anilines is 2. The molecule has 0 unspecified atom stereocenters. The van der Waals surface area contributed by atoms with Crippen LogP contribution in [0, 0.1) is 0 Å². The van der Waals surface area contributed by atoms with Crippen molar-refractivity contribution in [1.29, 1.82) is 0 Å². The van der Waals surface area contributed by atoms with Crippen molar-refractivity contribution in [2.24, 2.45) is 0 Å². The Balaban J connectivity index is 2.49. The van der Waals surface area contributed by atoms with Gasteiger partial charge in [-0.05, 0) is 0 Å². The summed E-state index contributed by atoms with van der Waals surface area (Å²) in [6.07, 6.45) is 0.815. The van der Waals surface area contributed by atoms with E-state index >= 15 is 0 Å². The monoisotopic (exact) mass is 212 g/mol. The molecule has 0 saturated heterocycles. The predicted octanol–water partition coefficient (Wildman–Crippen LogP) is 0.516. The van der Waals surface area contributed by atoms with E-state index in [0.717, 1.165) is 6.42 Å². The fourth-order valence-corrected chi connectivity index (χ4v) is 1.02. The van der Waals surface area contributed by atoms with Gasteiger partial charge in [-0.2, -0.15) is 9.97 Å². The molecule has 0 atom stereocenters. The molecule has 0 aliphatic rings. The van der Waals surface area contributed by atoms with E-state index in [0.29, 0.717) is 24.9 Å². The van der Waals surface area contributed by atoms with Gasteiger partial charge in [0.1, 0.15) is 5.82 Å².